The minimum atomic E-state index is -1.25. The first-order valence-corrected chi connectivity index (χ1v) is 17.3. The van der Waals surface area contributed by atoms with Gasteiger partial charge in [0.05, 0.1) is 31.1 Å². The molecule has 6 rings (SSSR count). The average molecular weight is 694 g/mol. The van der Waals surface area contributed by atoms with Crippen molar-refractivity contribution in [3.05, 3.63) is 58.8 Å². The summed E-state index contributed by atoms with van der Waals surface area (Å²) in [6.45, 7) is 17.7. The summed E-state index contributed by atoms with van der Waals surface area (Å²) in [5, 5.41) is 14.2. The second kappa shape index (κ2) is 13.5. The number of anilines is 1. The second-order valence-electron chi connectivity index (χ2n) is 15.5. The molecule has 1 N–H and O–H groups in total. The zero-order valence-electron chi connectivity index (χ0n) is 30.0. The molecule has 5 heterocycles. The number of halogens is 1. The predicted molar refractivity (Wildman–Crippen MR) is 184 cm³/mol. The van der Waals surface area contributed by atoms with E-state index in [1.807, 2.05) is 47.6 Å². The maximum atomic E-state index is 14.5. The third kappa shape index (κ3) is 7.33. The van der Waals surface area contributed by atoms with E-state index in [1.54, 1.807) is 26.4 Å². The van der Waals surface area contributed by atoms with Gasteiger partial charge in [0.2, 0.25) is 5.91 Å². The molecule has 14 heteroatoms. The number of hydrogen-bond acceptors (Lipinski definition) is 9. The van der Waals surface area contributed by atoms with Crippen LogP contribution in [0.5, 0.6) is 0 Å². The number of carboxylic acids is 1. The van der Waals surface area contributed by atoms with Crippen LogP contribution in [0, 0.1) is 5.82 Å². The fourth-order valence-corrected chi connectivity index (χ4v) is 7.36. The average Bonchev–Trinajstić information content (AvgIpc) is 3.59. The fraction of sp³-hybridized carbons (Fsp3) is 0.583. The van der Waals surface area contributed by atoms with E-state index in [0.29, 0.717) is 68.4 Å². The van der Waals surface area contributed by atoms with Crippen LogP contribution < -0.4 is 4.90 Å². The topological polar surface area (TPSA) is 133 Å². The third-order valence-electron chi connectivity index (χ3n) is 9.82. The van der Waals surface area contributed by atoms with E-state index in [4.69, 9.17) is 9.47 Å². The fourth-order valence-electron chi connectivity index (χ4n) is 7.36. The molecule has 2 saturated heterocycles. The zero-order valence-corrected chi connectivity index (χ0v) is 30.0. The molecule has 13 nitrogen and oxygen atoms in total. The molecule has 0 radical (unpaired) electrons. The molecule has 0 spiro atoms. The zero-order chi connectivity index (χ0) is 36.1. The monoisotopic (exact) mass is 693 g/mol. The van der Waals surface area contributed by atoms with Crippen molar-refractivity contribution in [3.63, 3.8) is 0 Å². The van der Waals surface area contributed by atoms with E-state index in [2.05, 4.69) is 26.8 Å². The van der Waals surface area contributed by atoms with Crippen molar-refractivity contribution >= 4 is 29.3 Å². The Labute approximate surface area is 291 Å². The van der Waals surface area contributed by atoms with Crippen molar-refractivity contribution in [2.75, 3.05) is 57.4 Å². The van der Waals surface area contributed by atoms with Crippen molar-refractivity contribution in [1.29, 1.82) is 0 Å². The quantitative estimate of drug-likeness (QED) is 0.390. The highest BCUT2D eigenvalue weighted by Crippen LogP contribution is 2.42. The summed E-state index contributed by atoms with van der Waals surface area (Å²) in [6, 6.07) is 7.88. The van der Waals surface area contributed by atoms with E-state index in [-0.39, 0.29) is 48.3 Å². The van der Waals surface area contributed by atoms with Crippen molar-refractivity contribution in [3.8, 4) is 0 Å². The first kappa shape index (κ1) is 35.7. The Hall–Kier alpha value is -4.14. The van der Waals surface area contributed by atoms with Gasteiger partial charge in [0.15, 0.2) is 5.65 Å². The minimum absolute atomic E-state index is 0.111. The Morgan fingerprint density at radius 2 is 1.80 bits per heavy atom. The van der Waals surface area contributed by atoms with Gasteiger partial charge in [-0.15, -0.1) is 5.10 Å². The van der Waals surface area contributed by atoms with Gasteiger partial charge in [0.25, 0.3) is 5.82 Å². The van der Waals surface area contributed by atoms with Gasteiger partial charge >= 0.3 is 12.1 Å². The number of piperazine rings is 1. The summed E-state index contributed by atoms with van der Waals surface area (Å²) in [6.07, 6.45) is -0.0289. The molecule has 2 fully saturated rings. The highest BCUT2D eigenvalue weighted by Gasteiger charge is 2.44. The number of aromatic nitrogens is 3. The number of pyridine rings is 1. The third-order valence-corrected chi connectivity index (χ3v) is 9.82. The van der Waals surface area contributed by atoms with Gasteiger partial charge in [0, 0.05) is 68.2 Å². The molecule has 3 aliphatic rings. The summed E-state index contributed by atoms with van der Waals surface area (Å²) in [4.78, 5) is 52.2. The van der Waals surface area contributed by atoms with Crippen molar-refractivity contribution in [1.82, 2.24) is 29.3 Å². The van der Waals surface area contributed by atoms with Crippen LogP contribution in [0.3, 0.4) is 0 Å². The number of benzene rings is 1. The Kier molecular flexibility index (Phi) is 9.66. The van der Waals surface area contributed by atoms with Crippen LogP contribution in [-0.2, 0) is 26.1 Å². The maximum absolute atomic E-state index is 14.5. The molecule has 3 aliphatic heterocycles. The van der Waals surface area contributed by atoms with Crippen LogP contribution in [-0.4, -0.2) is 129 Å². The standard InChI is InChI=1S/C36H48FN7O6/c1-22-16-41(27(17-40-12-13-49-20-23(40)2)18-42(22)34(48)50-35(3,4)5)19-29(45)43-21-36(6,7)30-28(43)15-25(14-24-8-10-26(37)11-9-24)32-38-31(33(46)47)39-44(30)32/h8-11,15,22-23,27H,12-14,16-21H2,1-7H3,(H,46,47)/t22-,23-,27+/m1/s1. The molecular weight excluding hydrogens is 645 g/mol. The van der Waals surface area contributed by atoms with E-state index < -0.39 is 17.0 Å². The SMILES string of the molecule is C[C@@H]1COCCN1C[C@H]1CN(C(=O)OC(C)(C)C)[C@H](C)CN1CC(=O)N1CC(C)(C)c2c1cc(Cc1ccc(F)cc1)c1nc(C(=O)O)nn21. The predicted octanol–water partition coefficient (Wildman–Crippen LogP) is 3.81. The molecular formula is C36H48FN7O6. The van der Waals surface area contributed by atoms with Crippen LogP contribution >= 0.6 is 0 Å². The molecule has 0 bridgehead atoms. The van der Waals surface area contributed by atoms with E-state index in [1.165, 1.54) is 12.1 Å². The van der Waals surface area contributed by atoms with Gasteiger partial charge in [-0.05, 0) is 58.4 Å². The number of hydrogen-bond donors (Lipinski definition) is 1. The van der Waals surface area contributed by atoms with E-state index >= 15 is 0 Å². The first-order valence-electron chi connectivity index (χ1n) is 17.3. The Morgan fingerprint density at radius 1 is 1.08 bits per heavy atom. The summed E-state index contributed by atoms with van der Waals surface area (Å²) >= 11 is 0. The second-order valence-corrected chi connectivity index (χ2v) is 15.5. The highest BCUT2D eigenvalue weighted by atomic mass is 19.1. The van der Waals surface area contributed by atoms with Gasteiger partial charge in [-0.25, -0.2) is 23.5 Å². The van der Waals surface area contributed by atoms with Crippen LogP contribution in [0.15, 0.2) is 30.3 Å². The summed E-state index contributed by atoms with van der Waals surface area (Å²) in [7, 11) is 0. The number of amides is 2. The number of morpholine rings is 1. The maximum Gasteiger partial charge on any atom is 0.410 e. The Bertz CT molecular complexity index is 1770. The summed E-state index contributed by atoms with van der Waals surface area (Å²) in [5.41, 5.74) is 2.00. The Morgan fingerprint density at radius 3 is 2.46 bits per heavy atom. The highest BCUT2D eigenvalue weighted by molar-refractivity contribution is 5.98. The van der Waals surface area contributed by atoms with Crippen molar-refractivity contribution in [2.45, 2.75) is 84.0 Å². The van der Waals surface area contributed by atoms with Crippen LogP contribution in [0.2, 0.25) is 0 Å². The summed E-state index contributed by atoms with van der Waals surface area (Å²) < 4.78 is 26.7. The Balaban J connectivity index is 1.33. The number of fused-ring (bicyclic) bond motifs is 3. The largest absolute Gasteiger partial charge is 0.475 e. The van der Waals surface area contributed by atoms with Gasteiger partial charge in [-0.1, -0.05) is 26.0 Å². The van der Waals surface area contributed by atoms with Gasteiger partial charge in [0.1, 0.15) is 11.4 Å². The van der Waals surface area contributed by atoms with Crippen LogP contribution in [0.4, 0.5) is 14.9 Å². The number of carbonyl (C=O) groups is 3. The van der Waals surface area contributed by atoms with E-state index in [0.717, 1.165) is 12.1 Å². The van der Waals surface area contributed by atoms with Crippen LogP contribution in [0.1, 0.15) is 75.9 Å². The van der Waals surface area contributed by atoms with Crippen LogP contribution in [0.25, 0.3) is 5.65 Å². The molecule has 3 atom stereocenters. The molecule has 270 valence electrons. The molecule has 50 heavy (non-hydrogen) atoms. The molecule has 2 aromatic heterocycles. The number of carbonyl (C=O) groups excluding carboxylic acids is 2. The van der Waals surface area contributed by atoms with E-state index in [9.17, 15) is 23.9 Å². The number of ether oxygens (including phenoxy) is 2. The van der Waals surface area contributed by atoms with Gasteiger partial charge < -0.3 is 24.4 Å². The lowest BCUT2D eigenvalue weighted by Gasteiger charge is -2.47. The summed E-state index contributed by atoms with van der Waals surface area (Å²) in [5.74, 6) is -2.05. The first-order chi connectivity index (χ1) is 23.5. The van der Waals surface area contributed by atoms with Gasteiger partial charge in [-0.2, -0.15) is 0 Å². The lowest BCUT2D eigenvalue weighted by atomic mass is 9.90. The van der Waals surface area contributed by atoms with Crippen molar-refractivity contribution in [2.24, 2.45) is 0 Å². The molecule has 3 aromatic rings. The molecule has 0 aliphatic carbocycles. The molecule has 2 amide bonds. The normalized spacial score (nSPS) is 22.9. The lowest BCUT2D eigenvalue weighted by molar-refractivity contribution is -0.121. The number of nitrogens with zero attached hydrogens (tertiary/aromatic N) is 7. The van der Waals surface area contributed by atoms with Gasteiger partial charge in [-0.3, -0.25) is 14.6 Å². The minimum Gasteiger partial charge on any atom is -0.475 e. The number of aromatic carboxylic acids is 1. The molecule has 0 unspecified atom stereocenters. The smallest absolute Gasteiger partial charge is 0.410 e. The molecule has 1 aromatic carbocycles. The number of carboxylic acid groups (broad SMARTS) is 1. The van der Waals surface area contributed by atoms with Crippen molar-refractivity contribution < 1.29 is 33.4 Å². The lowest BCUT2D eigenvalue weighted by Crippen LogP contribution is -2.64. The number of rotatable bonds is 7. The molecule has 0 saturated carbocycles.